The molecule has 2 aromatic rings. The predicted octanol–water partition coefficient (Wildman–Crippen LogP) is 4.86. The zero-order chi connectivity index (χ0) is 18.4. The fraction of sp³-hybridized carbons (Fsp3) is 0.350. The number of alkyl carbamates (subject to hydrolysis) is 1. The number of para-hydroxylation sites is 1. The molecule has 0 radical (unpaired) electrons. The van der Waals surface area contributed by atoms with Crippen molar-refractivity contribution in [1.82, 2.24) is 5.32 Å². The van der Waals surface area contributed by atoms with Crippen LogP contribution in [-0.2, 0) is 17.6 Å². The molecule has 0 spiro atoms. The Bertz CT molecular complexity index is 738. The van der Waals surface area contributed by atoms with Crippen molar-refractivity contribution in [2.75, 3.05) is 7.05 Å². The second-order valence-corrected chi connectivity index (χ2v) is 6.68. The Labute approximate surface area is 148 Å². The number of fused-ring (bicyclic) bond motifs is 2. The van der Waals surface area contributed by atoms with Crippen LogP contribution < -0.4 is 10.1 Å². The van der Waals surface area contributed by atoms with E-state index in [1.807, 2.05) is 51.1 Å². The molecule has 1 N–H and O–H groups in total. The molecule has 1 aliphatic heterocycles. The third kappa shape index (κ3) is 5.48. The minimum absolute atomic E-state index is 0.176. The number of carbonyl (C=O) groups is 1. The first kappa shape index (κ1) is 18.8. The normalized spacial score (nSPS) is 12.4. The highest BCUT2D eigenvalue weighted by Gasteiger charge is 2.16. The molecule has 0 aromatic heterocycles. The van der Waals surface area contributed by atoms with Gasteiger partial charge in [0.05, 0.1) is 0 Å². The summed E-state index contributed by atoms with van der Waals surface area (Å²) in [6, 6.07) is 12.9. The van der Waals surface area contributed by atoms with Crippen LogP contribution in [0.1, 0.15) is 31.9 Å². The Morgan fingerprint density at radius 2 is 1.76 bits per heavy atom. The van der Waals surface area contributed by atoms with E-state index in [9.17, 15) is 9.18 Å². The van der Waals surface area contributed by atoms with Crippen LogP contribution in [0.15, 0.2) is 42.5 Å². The SMILES string of the molecule is CNC(=O)OC(C)(C)C.Fc1cccc2c1CCc1ccccc1O2. The molecule has 1 aliphatic rings. The summed E-state index contributed by atoms with van der Waals surface area (Å²) < 4.78 is 24.2. The zero-order valence-corrected chi connectivity index (χ0v) is 15.1. The summed E-state index contributed by atoms with van der Waals surface area (Å²) in [6.45, 7) is 5.46. The van der Waals surface area contributed by atoms with Gasteiger partial charge in [0.25, 0.3) is 0 Å². The molecule has 0 aliphatic carbocycles. The van der Waals surface area contributed by atoms with E-state index in [4.69, 9.17) is 9.47 Å². The number of hydrogen-bond donors (Lipinski definition) is 1. The first-order valence-electron chi connectivity index (χ1n) is 8.24. The molecule has 0 saturated carbocycles. The van der Waals surface area contributed by atoms with Gasteiger partial charge in [-0.25, -0.2) is 9.18 Å². The first-order valence-corrected chi connectivity index (χ1v) is 8.24. The van der Waals surface area contributed by atoms with Crippen molar-refractivity contribution in [2.24, 2.45) is 0 Å². The highest BCUT2D eigenvalue weighted by molar-refractivity contribution is 5.67. The van der Waals surface area contributed by atoms with Gasteiger partial charge < -0.3 is 14.8 Å². The number of amides is 1. The largest absolute Gasteiger partial charge is 0.457 e. The van der Waals surface area contributed by atoms with Gasteiger partial charge in [-0.3, -0.25) is 0 Å². The van der Waals surface area contributed by atoms with Gasteiger partial charge in [-0.15, -0.1) is 0 Å². The van der Waals surface area contributed by atoms with Gasteiger partial charge in [-0.1, -0.05) is 24.3 Å². The van der Waals surface area contributed by atoms with Crippen molar-refractivity contribution in [3.63, 3.8) is 0 Å². The number of aryl methyl sites for hydroxylation is 1. The summed E-state index contributed by atoms with van der Waals surface area (Å²) in [7, 11) is 1.54. The van der Waals surface area contributed by atoms with Crippen molar-refractivity contribution in [2.45, 2.75) is 39.2 Å². The maximum absolute atomic E-state index is 13.6. The smallest absolute Gasteiger partial charge is 0.407 e. The van der Waals surface area contributed by atoms with E-state index in [1.54, 1.807) is 6.07 Å². The van der Waals surface area contributed by atoms with Gasteiger partial charge >= 0.3 is 6.09 Å². The predicted molar refractivity (Wildman–Crippen MR) is 95.6 cm³/mol. The van der Waals surface area contributed by atoms with E-state index in [-0.39, 0.29) is 17.5 Å². The number of rotatable bonds is 0. The highest BCUT2D eigenvalue weighted by atomic mass is 19.1. The molecular weight excluding hydrogens is 321 g/mol. The quantitative estimate of drug-likeness (QED) is 0.742. The van der Waals surface area contributed by atoms with E-state index in [0.717, 1.165) is 17.7 Å². The van der Waals surface area contributed by atoms with Crippen molar-refractivity contribution in [3.8, 4) is 11.5 Å². The zero-order valence-electron chi connectivity index (χ0n) is 15.1. The van der Waals surface area contributed by atoms with Crippen molar-refractivity contribution in [3.05, 3.63) is 59.4 Å². The van der Waals surface area contributed by atoms with Gasteiger partial charge in [0.2, 0.25) is 0 Å². The lowest BCUT2D eigenvalue weighted by atomic mass is 10.0. The van der Waals surface area contributed by atoms with Crippen LogP contribution in [0, 0.1) is 5.82 Å². The van der Waals surface area contributed by atoms with Crippen molar-refractivity contribution >= 4 is 6.09 Å². The van der Waals surface area contributed by atoms with Gasteiger partial charge in [0.15, 0.2) is 0 Å². The molecule has 0 fully saturated rings. The summed E-state index contributed by atoms with van der Waals surface area (Å²) in [4.78, 5) is 10.5. The van der Waals surface area contributed by atoms with Crippen LogP contribution in [0.25, 0.3) is 0 Å². The molecule has 0 atom stereocenters. The first-order chi connectivity index (χ1) is 11.8. The number of halogens is 1. The summed E-state index contributed by atoms with van der Waals surface area (Å²) in [5.74, 6) is 1.31. The molecule has 1 heterocycles. The standard InChI is InChI=1S/C14H11FO.C6H13NO2/c15-12-5-3-7-14-11(12)9-8-10-4-1-2-6-13(10)16-14;1-6(2,3)9-5(8)7-4/h1-7H,8-9H2;1-4H3,(H,7,8). The average Bonchev–Trinajstić information content (AvgIpc) is 2.74. The van der Waals surface area contributed by atoms with Gasteiger partial charge in [-0.05, 0) is 57.4 Å². The van der Waals surface area contributed by atoms with E-state index >= 15 is 0 Å². The molecule has 5 heteroatoms. The van der Waals surface area contributed by atoms with Crippen LogP contribution in [0.4, 0.5) is 9.18 Å². The Kier molecular flexibility index (Phi) is 6.02. The molecule has 0 saturated heterocycles. The summed E-state index contributed by atoms with van der Waals surface area (Å²) in [5.41, 5.74) is 1.43. The van der Waals surface area contributed by atoms with E-state index in [1.165, 1.54) is 13.1 Å². The molecule has 2 aromatic carbocycles. The number of ether oxygens (including phenoxy) is 2. The van der Waals surface area contributed by atoms with E-state index < -0.39 is 0 Å². The van der Waals surface area contributed by atoms with Crippen LogP contribution in [0.5, 0.6) is 11.5 Å². The number of nitrogens with one attached hydrogen (secondary N) is 1. The van der Waals surface area contributed by atoms with Gasteiger partial charge in [0.1, 0.15) is 22.9 Å². The average molecular weight is 345 g/mol. The maximum atomic E-state index is 13.6. The van der Waals surface area contributed by atoms with Crippen LogP contribution in [-0.4, -0.2) is 18.7 Å². The van der Waals surface area contributed by atoms with Gasteiger partial charge in [-0.2, -0.15) is 0 Å². The molecule has 1 amide bonds. The minimum Gasteiger partial charge on any atom is -0.457 e. The third-order valence-electron chi connectivity index (χ3n) is 3.52. The van der Waals surface area contributed by atoms with Crippen LogP contribution in [0.3, 0.4) is 0 Å². The lowest BCUT2D eigenvalue weighted by Gasteiger charge is -2.18. The lowest BCUT2D eigenvalue weighted by molar-refractivity contribution is 0.0541. The molecule has 0 bridgehead atoms. The molecule has 134 valence electrons. The minimum atomic E-state index is -0.389. The lowest BCUT2D eigenvalue weighted by Crippen LogP contribution is -2.30. The Morgan fingerprint density at radius 3 is 2.40 bits per heavy atom. The van der Waals surface area contributed by atoms with Crippen molar-refractivity contribution < 1.29 is 18.7 Å². The van der Waals surface area contributed by atoms with E-state index in [2.05, 4.69) is 5.32 Å². The summed E-state index contributed by atoms with van der Waals surface area (Å²) in [5, 5.41) is 2.36. The highest BCUT2D eigenvalue weighted by Crippen LogP contribution is 2.34. The molecule has 4 nitrogen and oxygen atoms in total. The third-order valence-corrected chi connectivity index (χ3v) is 3.52. The fourth-order valence-corrected chi connectivity index (χ4v) is 2.39. The second kappa shape index (κ2) is 8.01. The molecule has 25 heavy (non-hydrogen) atoms. The molecular formula is C20H24FNO3. The number of hydrogen-bond acceptors (Lipinski definition) is 3. The molecule has 3 rings (SSSR count). The summed E-state index contributed by atoms with van der Waals surface area (Å²) >= 11 is 0. The monoisotopic (exact) mass is 345 g/mol. The summed E-state index contributed by atoms with van der Waals surface area (Å²) in [6.07, 6.45) is 1.13. The Balaban J connectivity index is 0.000000217. The maximum Gasteiger partial charge on any atom is 0.407 e. The fourth-order valence-electron chi connectivity index (χ4n) is 2.39. The topological polar surface area (TPSA) is 47.6 Å². The second-order valence-electron chi connectivity index (χ2n) is 6.68. The van der Waals surface area contributed by atoms with Gasteiger partial charge in [0, 0.05) is 12.6 Å². The van der Waals surface area contributed by atoms with Crippen LogP contribution in [0.2, 0.25) is 0 Å². The Morgan fingerprint density at radius 1 is 1.08 bits per heavy atom. The Hall–Kier alpha value is -2.56. The van der Waals surface area contributed by atoms with Crippen LogP contribution >= 0.6 is 0 Å². The molecule has 0 unspecified atom stereocenters. The van der Waals surface area contributed by atoms with Crippen molar-refractivity contribution in [1.29, 1.82) is 0 Å². The number of carbonyl (C=O) groups excluding carboxylic acids is 1. The van der Waals surface area contributed by atoms with E-state index in [0.29, 0.717) is 17.7 Å². The number of benzene rings is 2.